The molecule has 0 aliphatic carbocycles. The Labute approximate surface area is 165 Å². The van der Waals surface area contributed by atoms with Crippen molar-refractivity contribution in [2.75, 3.05) is 5.32 Å². The molecule has 28 heavy (non-hydrogen) atoms. The van der Waals surface area contributed by atoms with Crippen LogP contribution in [0.3, 0.4) is 0 Å². The van der Waals surface area contributed by atoms with Crippen molar-refractivity contribution in [3.05, 3.63) is 103 Å². The van der Waals surface area contributed by atoms with Gasteiger partial charge in [-0.3, -0.25) is 19.7 Å². The Hall–Kier alpha value is -3.45. The van der Waals surface area contributed by atoms with E-state index < -0.39 is 16.4 Å². The number of rotatable bonds is 5. The number of benzene rings is 2. The molecule has 142 valence electrons. The lowest BCUT2D eigenvalue weighted by molar-refractivity contribution is -0.384. The van der Waals surface area contributed by atoms with Gasteiger partial charge in [0.25, 0.3) is 17.2 Å². The van der Waals surface area contributed by atoms with E-state index in [1.54, 1.807) is 43.3 Å². The van der Waals surface area contributed by atoms with Crippen molar-refractivity contribution in [2.24, 2.45) is 0 Å². The van der Waals surface area contributed by atoms with Crippen molar-refractivity contribution in [3.63, 3.8) is 0 Å². The SMILES string of the molecule is Cc1c(Cl)cccc1NC(=O)c1cccn(Cc2cccc([N+](=O)[O-])c2)c1=O. The fraction of sp³-hybridized carbons (Fsp3) is 0.100. The Morgan fingerprint density at radius 3 is 2.68 bits per heavy atom. The summed E-state index contributed by atoms with van der Waals surface area (Å²) in [5.41, 5.74) is 1.21. The topological polar surface area (TPSA) is 94.2 Å². The number of amides is 1. The minimum Gasteiger partial charge on any atom is -0.322 e. The molecule has 0 atom stereocenters. The lowest BCUT2D eigenvalue weighted by atomic mass is 10.1. The molecule has 3 aromatic rings. The average Bonchev–Trinajstić information content (AvgIpc) is 2.67. The van der Waals surface area contributed by atoms with E-state index in [1.165, 1.54) is 29.0 Å². The first kappa shape index (κ1) is 19.3. The number of nitro groups is 1. The van der Waals surface area contributed by atoms with Gasteiger partial charge in [0.1, 0.15) is 5.56 Å². The molecule has 1 aromatic heterocycles. The van der Waals surface area contributed by atoms with Crippen LogP contribution in [0.15, 0.2) is 65.6 Å². The van der Waals surface area contributed by atoms with E-state index in [-0.39, 0.29) is 17.8 Å². The number of non-ortho nitro benzene ring substituents is 1. The quantitative estimate of drug-likeness (QED) is 0.519. The fourth-order valence-corrected chi connectivity index (χ4v) is 2.91. The van der Waals surface area contributed by atoms with Crippen LogP contribution in [0, 0.1) is 17.0 Å². The molecule has 1 N–H and O–H groups in total. The molecule has 0 fully saturated rings. The van der Waals surface area contributed by atoms with E-state index in [9.17, 15) is 19.7 Å². The normalized spacial score (nSPS) is 10.5. The molecule has 0 saturated carbocycles. The molecule has 7 nitrogen and oxygen atoms in total. The average molecular weight is 398 g/mol. The van der Waals surface area contributed by atoms with Crippen molar-refractivity contribution >= 4 is 28.9 Å². The van der Waals surface area contributed by atoms with Gasteiger partial charge in [-0.05, 0) is 42.3 Å². The number of pyridine rings is 1. The van der Waals surface area contributed by atoms with Crippen LogP contribution < -0.4 is 10.9 Å². The van der Waals surface area contributed by atoms with Crippen LogP contribution in [0.2, 0.25) is 5.02 Å². The molecule has 2 aromatic carbocycles. The van der Waals surface area contributed by atoms with E-state index in [0.717, 1.165) is 0 Å². The number of nitrogens with one attached hydrogen (secondary N) is 1. The third-order valence-electron chi connectivity index (χ3n) is 4.25. The van der Waals surface area contributed by atoms with Gasteiger partial charge >= 0.3 is 0 Å². The predicted molar refractivity (Wildman–Crippen MR) is 107 cm³/mol. The van der Waals surface area contributed by atoms with Crippen LogP contribution in [-0.4, -0.2) is 15.4 Å². The molecule has 0 radical (unpaired) electrons. The van der Waals surface area contributed by atoms with Crippen LogP contribution in [-0.2, 0) is 6.54 Å². The van der Waals surface area contributed by atoms with E-state index in [4.69, 9.17) is 11.6 Å². The Morgan fingerprint density at radius 1 is 1.18 bits per heavy atom. The van der Waals surface area contributed by atoms with Gasteiger partial charge in [-0.1, -0.05) is 29.8 Å². The van der Waals surface area contributed by atoms with E-state index in [0.29, 0.717) is 21.8 Å². The first-order chi connectivity index (χ1) is 13.4. The monoisotopic (exact) mass is 397 g/mol. The molecule has 0 aliphatic heterocycles. The number of anilines is 1. The third kappa shape index (κ3) is 4.10. The summed E-state index contributed by atoms with van der Waals surface area (Å²) >= 11 is 6.06. The summed E-state index contributed by atoms with van der Waals surface area (Å²) in [5.74, 6) is -0.552. The van der Waals surface area contributed by atoms with Crippen molar-refractivity contribution in [1.29, 1.82) is 0 Å². The van der Waals surface area contributed by atoms with Crippen molar-refractivity contribution in [1.82, 2.24) is 4.57 Å². The number of nitro benzene ring substituents is 1. The van der Waals surface area contributed by atoms with Crippen LogP contribution in [0.4, 0.5) is 11.4 Å². The largest absolute Gasteiger partial charge is 0.322 e. The van der Waals surface area contributed by atoms with Gasteiger partial charge in [0.15, 0.2) is 0 Å². The summed E-state index contributed by atoms with van der Waals surface area (Å²) in [6.45, 7) is 1.88. The van der Waals surface area contributed by atoms with Gasteiger partial charge < -0.3 is 9.88 Å². The second-order valence-electron chi connectivity index (χ2n) is 6.15. The predicted octanol–water partition coefficient (Wildman–Crippen LogP) is 4.02. The summed E-state index contributed by atoms with van der Waals surface area (Å²) in [6.07, 6.45) is 1.53. The third-order valence-corrected chi connectivity index (χ3v) is 4.66. The Morgan fingerprint density at radius 2 is 1.93 bits per heavy atom. The zero-order valence-corrected chi connectivity index (χ0v) is 15.6. The number of halogens is 1. The maximum Gasteiger partial charge on any atom is 0.269 e. The van der Waals surface area contributed by atoms with Crippen molar-refractivity contribution < 1.29 is 9.72 Å². The van der Waals surface area contributed by atoms with E-state index in [2.05, 4.69) is 5.32 Å². The van der Waals surface area contributed by atoms with E-state index in [1.807, 2.05) is 0 Å². The number of carbonyl (C=O) groups excluding carboxylic acids is 1. The van der Waals surface area contributed by atoms with Gasteiger partial charge in [0.05, 0.1) is 11.5 Å². The molecule has 1 heterocycles. The molecule has 3 rings (SSSR count). The van der Waals surface area contributed by atoms with Crippen LogP contribution in [0.25, 0.3) is 0 Å². The Bertz CT molecular complexity index is 1120. The molecule has 0 unspecified atom stereocenters. The van der Waals surface area contributed by atoms with Gasteiger partial charge in [0.2, 0.25) is 0 Å². The maximum atomic E-state index is 12.7. The van der Waals surface area contributed by atoms with Gasteiger partial charge in [-0.2, -0.15) is 0 Å². The molecule has 1 amide bonds. The number of hydrogen-bond acceptors (Lipinski definition) is 4. The number of hydrogen-bond donors (Lipinski definition) is 1. The summed E-state index contributed by atoms with van der Waals surface area (Å²) < 4.78 is 1.33. The van der Waals surface area contributed by atoms with Crippen LogP contribution in [0.1, 0.15) is 21.5 Å². The smallest absolute Gasteiger partial charge is 0.269 e. The van der Waals surface area contributed by atoms with Gasteiger partial charge in [-0.15, -0.1) is 0 Å². The fourth-order valence-electron chi connectivity index (χ4n) is 2.73. The zero-order valence-electron chi connectivity index (χ0n) is 14.9. The minimum absolute atomic E-state index is 0.0349. The highest BCUT2D eigenvalue weighted by Crippen LogP contribution is 2.23. The highest BCUT2D eigenvalue weighted by Gasteiger charge is 2.15. The summed E-state index contributed by atoms with van der Waals surface area (Å²) in [6, 6.07) is 14.1. The van der Waals surface area contributed by atoms with Gasteiger partial charge in [-0.25, -0.2) is 0 Å². The Balaban J connectivity index is 1.88. The molecular weight excluding hydrogens is 382 g/mol. The number of aromatic nitrogens is 1. The number of nitrogens with zero attached hydrogens (tertiary/aromatic N) is 2. The van der Waals surface area contributed by atoms with Crippen LogP contribution in [0.5, 0.6) is 0 Å². The molecule has 0 bridgehead atoms. The van der Waals surface area contributed by atoms with Crippen molar-refractivity contribution in [2.45, 2.75) is 13.5 Å². The van der Waals surface area contributed by atoms with Crippen LogP contribution >= 0.6 is 11.6 Å². The first-order valence-electron chi connectivity index (χ1n) is 8.36. The van der Waals surface area contributed by atoms with E-state index >= 15 is 0 Å². The first-order valence-corrected chi connectivity index (χ1v) is 8.74. The van der Waals surface area contributed by atoms with Crippen molar-refractivity contribution in [3.8, 4) is 0 Å². The molecule has 0 saturated heterocycles. The molecule has 8 heteroatoms. The summed E-state index contributed by atoms with van der Waals surface area (Å²) in [4.78, 5) is 35.7. The molecule has 0 spiro atoms. The summed E-state index contributed by atoms with van der Waals surface area (Å²) in [7, 11) is 0. The lowest BCUT2D eigenvalue weighted by Crippen LogP contribution is -2.29. The standard InChI is InChI=1S/C20H16ClN3O4/c1-13-17(21)8-3-9-18(13)22-19(25)16-7-4-10-23(20(16)26)12-14-5-2-6-15(11-14)24(27)28/h2-11H,12H2,1H3,(H,22,25). The Kier molecular flexibility index (Phi) is 5.56. The highest BCUT2D eigenvalue weighted by molar-refractivity contribution is 6.31. The second-order valence-corrected chi connectivity index (χ2v) is 6.56. The molecular formula is C20H16ClN3O4. The minimum atomic E-state index is -0.552. The zero-order chi connectivity index (χ0) is 20.3. The summed E-state index contributed by atoms with van der Waals surface area (Å²) in [5, 5.41) is 14.1. The number of carbonyl (C=O) groups is 1. The highest BCUT2D eigenvalue weighted by atomic mass is 35.5. The van der Waals surface area contributed by atoms with Gasteiger partial charge in [0, 0.05) is 29.0 Å². The second kappa shape index (κ2) is 8.06. The maximum absolute atomic E-state index is 12.7. The lowest BCUT2D eigenvalue weighted by Gasteiger charge is -2.11. The molecule has 0 aliphatic rings.